The molecule has 1 aliphatic heterocycles. The van der Waals surface area contributed by atoms with Crippen molar-refractivity contribution in [3.8, 4) is 0 Å². The van der Waals surface area contributed by atoms with Crippen LogP contribution >= 0.6 is 31.9 Å². The molecule has 2 amide bonds. The normalized spacial score (nSPS) is 22.8. The minimum atomic E-state index is -0.225. The van der Waals surface area contributed by atoms with Crippen LogP contribution < -0.4 is 5.73 Å². The van der Waals surface area contributed by atoms with Gasteiger partial charge in [-0.05, 0) is 68.3 Å². The zero-order valence-electron chi connectivity index (χ0n) is 10.1. The average Bonchev–Trinajstić information content (AvgIpc) is 3.11. The molecule has 1 aromatic rings. The average molecular weight is 387 g/mol. The van der Waals surface area contributed by atoms with Crippen LogP contribution in [0.15, 0.2) is 32.1 Å². The molecule has 0 spiro atoms. The van der Waals surface area contributed by atoms with Gasteiger partial charge in [0.15, 0.2) is 0 Å². The SMILES string of the molecule is NC1=NC(=O)N(CC2CC2)C1c1ccc(Br)c(Br)c1. The number of aliphatic imine (C=N–C) groups is 1. The number of nitrogens with zero attached hydrogens (tertiary/aromatic N) is 2. The monoisotopic (exact) mass is 385 g/mol. The number of carbonyl (C=O) groups is 1. The van der Waals surface area contributed by atoms with Gasteiger partial charge in [-0.1, -0.05) is 6.07 Å². The first-order valence-corrected chi connectivity index (χ1v) is 7.74. The van der Waals surface area contributed by atoms with E-state index in [-0.39, 0.29) is 12.1 Å². The Labute approximate surface area is 128 Å². The molecular weight excluding hydrogens is 374 g/mol. The van der Waals surface area contributed by atoms with Crippen molar-refractivity contribution in [1.82, 2.24) is 4.90 Å². The molecule has 1 unspecified atom stereocenters. The van der Waals surface area contributed by atoms with Crippen LogP contribution in [0.4, 0.5) is 4.79 Å². The zero-order chi connectivity index (χ0) is 13.6. The summed E-state index contributed by atoms with van der Waals surface area (Å²) in [6.07, 6.45) is 2.39. The van der Waals surface area contributed by atoms with Crippen LogP contribution in [0.1, 0.15) is 24.4 Å². The minimum Gasteiger partial charge on any atom is -0.385 e. The van der Waals surface area contributed by atoms with E-state index in [2.05, 4.69) is 36.9 Å². The fourth-order valence-electron chi connectivity index (χ4n) is 2.30. The molecule has 1 saturated carbocycles. The molecule has 19 heavy (non-hydrogen) atoms. The van der Waals surface area contributed by atoms with E-state index in [1.807, 2.05) is 18.2 Å². The molecule has 4 nitrogen and oxygen atoms in total. The summed E-state index contributed by atoms with van der Waals surface area (Å²) in [5.74, 6) is 1.01. The third-order valence-corrected chi connectivity index (χ3v) is 5.35. The molecule has 6 heteroatoms. The zero-order valence-corrected chi connectivity index (χ0v) is 13.3. The predicted octanol–water partition coefficient (Wildman–Crippen LogP) is 3.46. The molecule has 0 aromatic heterocycles. The van der Waals surface area contributed by atoms with Gasteiger partial charge < -0.3 is 10.6 Å². The summed E-state index contributed by atoms with van der Waals surface area (Å²) in [7, 11) is 0. The van der Waals surface area contributed by atoms with E-state index in [9.17, 15) is 4.79 Å². The molecule has 1 atom stereocenters. The molecule has 3 rings (SSSR count). The quantitative estimate of drug-likeness (QED) is 0.864. The van der Waals surface area contributed by atoms with Crippen molar-refractivity contribution >= 4 is 43.7 Å². The van der Waals surface area contributed by atoms with Gasteiger partial charge in [-0.25, -0.2) is 4.79 Å². The number of amidine groups is 1. The molecule has 0 bridgehead atoms. The van der Waals surface area contributed by atoms with Crippen molar-refractivity contribution < 1.29 is 4.79 Å². The highest BCUT2D eigenvalue weighted by atomic mass is 79.9. The maximum absolute atomic E-state index is 11.9. The van der Waals surface area contributed by atoms with Gasteiger partial charge in [-0.3, -0.25) is 0 Å². The van der Waals surface area contributed by atoms with Crippen LogP contribution in [0.2, 0.25) is 0 Å². The number of carbonyl (C=O) groups excluding carboxylic acids is 1. The number of hydrogen-bond acceptors (Lipinski definition) is 2. The third kappa shape index (κ3) is 2.56. The molecule has 1 aromatic carbocycles. The number of nitrogens with two attached hydrogens (primary N) is 1. The smallest absolute Gasteiger partial charge is 0.346 e. The molecule has 2 N–H and O–H groups in total. The number of amides is 2. The lowest BCUT2D eigenvalue weighted by molar-refractivity contribution is 0.204. The van der Waals surface area contributed by atoms with E-state index < -0.39 is 0 Å². The Kier molecular flexibility index (Phi) is 3.39. The summed E-state index contributed by atoms with van der Waals surface area (Å²) in [6.45, 7) is 0.751. The van der Waals surface area contributed by atoms with Gasteiger partial charge in [0.1, 0.15) is 11.9 Å². The summed E-state index contributed by atoms with van der Waals surface area (Å²) in [5, 5.41) is 0. The first-order valence-electron chi connectivity index (χ1n) is 6.16. The Morgan fingerprint density at radius 3 is 2.68 bits per heavy atom. The molecule has 1 aliphatic carbocycles. The molecule has 1 fully saturated rings. The second kappa shape index (κ2) is 4.90. The lowest BCUT2D eigenvalue weighted by Crippen LogP contribution is -2.34. The molecule has 0 radical (unpaired) electrons. The van der Waals surface area contributed by atoms with Crippen molar-refractivity contribution in [3.63, 3.8) is 0 Å². The largest absolute Gasteiger partial charge is 0.385 e. The third-order valence-electron chi connectivity index (χ3n) is 3.47. The van der Waals surface area contributed by atoms with E-state index in [1.165, 1.54) is 12.8 Å². The summed E-state index contributed by atoms with van der Waals surface area (Å²) < 4.78 is 1.92. The van der Waals surface area contributed by atoms with Gasteiger partial charge in [-0.2, -0.15) is 4.99 Å². The van der Waals surface area contributed by atoms with E-state index in [1.54, 1.807) is 4.90 Å². The van der Waals surface area contributed by atoms with Gasteiger partial charge in [0.05, 0.1) is 0 Å². The Balaban J connectivity index is 1.92. The molecular formula is C13H13Br2N3O. The van der Waals surface area contributed by atoms with Gasteiger partial charge in [0.2, 0.25) is 0 Å². The number of benzene rings is 1. The van der Waals surface area contributed by atoms with Crippen molar-refractivity contribution in [2.75, 3.05) is 6.54 Å². The van der Waals surface area contributed by atoms with Crippen LogP contribution in [-0.2, 0) is 0 Å². The molecule has 2 aliphatic rings. The minimum absolute atomic E-state index is 0.214. The van der Waals surface area contributed by atoms with Crippen LogP contribution in [0.25, 0.3) is 0 Å². The Hall–Kier alpha value is -0.880. The molecule has 1 heterocycles. The highest BCUT2D eigenvalue weighted by Crippen LogP contribution is 2.36. The lowest BCUT2D eigenvalue weighted by atomic mass is 10.1. The highest BCUT2D eigenvalue weighted by Gasteiger charge is 2.38. The van der Waals surface area contributed by atoms with Crippen molar-refractivity contribution in [2.45, 2.75) is 18.9 Å². The summed E-state index contributed by atoms with van der Waals surface area (Å²) in [6, 6.07) is 5.46. The van der Waals surface area contributed by atoms with Gasteiger partial charge in [-0.15, -0.1) is 0 Å². The van der Waals surface area contributed by atoms with Crippen LogP contribution in [0, 0.1) is 5.92 Å². The summed E-state index contributed by atoms with van der Waals surface area (Å²) in [5.41, 5.74) is 6.93. The fraction of sp³-hybridized carbons (Fsp3) is 0.385. The number of urea groups is 1. The Morgan fingerprint density at radius 2 is 2.05 bits per heavy atom. The maximum Gasteiger partial charge on any atom is 0.346 e. The van der Waals surface area contributed by atoms with Crippen LogP contribution in [0.3, 0.4) is 0 Å². The summed E-state index contributed by atoms with van der Waals surface area (Å²) in [4.78, 5) is 17.6. The number of rotatable bonds is 3. The predicted molar refractivity (Wildman–Crippen MR) is 81.0 cm³/mol. The van der Waals surface area contributed by atoms with Crippen LogP contribution in [0.5, 0.6) is 0 Å². The second-order valence-corrected chi connectivity index (χ2v) is 6.70. The first kappa shape index (κ1) is 13.1. The van der Waals surface area contributed by atoms with E-state index in [0.29, 0.717) is 11.8 Å². The van der Waals surface area contributed by atoms with Crippen LogP contribution in [-0.4, -0.2) is 23.3 Å². The van der Waals surface area contributed by atoms with Gasteiger partial charge in [0.25, 0.3) is 0 Å². The first-order chi connectivity index (χ1) is 9.06. The van der Waals surface area contributed by atoms with Crippen molar-refractivity contribution in [1.29, 1.82) is 0 Å². The Bertz CT molecular complexity index is 569. The fourth-order valence-corrected chi connectivity index (χ4v) is 2.94. The standard InChI is InChI=1S/C13H13Br2N3O/c14-9-4-3-8(5-10(9)15)11-12(16)17-13(19)18(11)6-7-1-2-7/h3-5,7,11H,1-2,6H2,(H2,16,17,19). The molecule has 100 valence electrons. The number of hydrogen-bond donors (Lipinski definition) is 1. The molecule has 0 saturated heterocycles. The lowest BCUT2D eigenvalue weighted by Gasteiger charge is -2.24. The Morgan fingerprint density at radius 1 is 1.32 bits per heavy atom. The van der Waals surface area contributed by atoms with Crippen molar-refractivity contribution in [2.24, 2.45) is 16.6 Å². The van der Waals surface area contributed by atoms with E-state index >= 15 is 0 Å². The van der Waals surface area contributed by atoms with Gasteiger partial charge >= 0.3 is 6.03 Å². The van der Waals surface area contributed by atoms with Crippen molar-refractivity contribution in [3.05, 3.63) is 32.7 Å². The maximum atomic E-state index is 11.9. The van der Waals surface area contributed by atoms with Gasteiger partial charge in [0, 0.05) is 15.5 Å². The summed E-state index contributed by atoms with van der Waals surface area (Å²) >= 11 is 6.92. The topological polar surface area (TPSA) is 58.7 Å². The van der Waals surface area contributed by atoms with E-state index in [4.69, 9.17) is 5.73 Å². The highest BCUT2D eigenvalue weighted by molar-refractivity contribution is 9.13. The number of halogens is 2. The van der Waals surface area contributed by atoms with E-state index in [0.717, 1.165) is 21.1 Å². The second-order valence-electron chi connectivity index (χ2n) is 4.99.